The van der Waals surface area contributed by atoms with Crippen LogP contribution in [0.2, 0.25) is 0 Å². The van der Waals surface area contributed by atoms with Gasteiger partial charge in [-0.25, -0.2) is 4.39 Å². The molecule has 0 aliphatic heterocycles. The number of anilines is 2. The molecule has 12 heteroatoms. The van der Waals surface area contributed by atoms with Gasteiger partial charge in [0.25, 0.3) is 11.8 Å². The molecule has 0 bridgehead atoms. The summed E-state index contributed by atoms with van der Waals surface area (Å²) in [6, 6.07) is 14.2. The maximum atomic E-state index is 14.5. The van der Waals surface area contributed by atoms with Crippen LogP contribution in [-0.2, 0) is 5.67 Å². The zero-order chi connectivity index (χ0) is 28.5. The minimum atomic E-state index is -6.28. The summed E-state index contributed by atoms with van der Waals surface area (Å²) in [5.74, 6) is -1.38. The second-order valence-electron chi connectivity index (χ2n) is 8.32. The molecule has 0 spiro atoms. The molecular weight excluding hydrogens is 519 g/mol. The van der Waals surface area contributed by atoms with Crippen LogP contribution in [0.5, 0.6) is 0 Å². The van der Waals surface area contributed by atoms with Gasteiger partial charge in [0.2, 0.25) is 0 Å². The van der Waals surface area contributed by atoms with E-state index in [0.717, 1.165) is 13.8 Å². The van der Waals surface area contributed by atoms with E-state index < -0.39 is 35.4 Å². The largest absolute Gasteiger partial charge is 0.435 e. The first-order valence-corrected chi connectivity index (χ1v) is 10.8. The Bertz CT molecular complexity index is 1390. The Kier molecular flexibility index (Phi) is 7.53. The molecule has 5 nitrogen and oxygen atoms in total. The number of nitrogens with one attached hydrogen (secondary N) is 2. The first kappa shape index (κ1) is 28.2. The highest BCUT2D eigenvalue weighted by Gasteiger charge is 2.73. The summed E-state index contributed by atoms with van der Waals surface area (Å²) in [5.41, 5.74) is -7.13. The van der Waals surface area contributed by atoms with E-state index in [4.69, 9.17) is 5.26 Å². The minimum Gasteiger partial charge on any atom is -0.322 e. The molecule has 0 radical (unpaired) electrons. The average Bonchev–Trinajstić information content (AvgIpc) is 2.81. The first-order chi connectivity index (χ1) is 17.6. The number of benzene rings is 3. The quantitative estimate of drug-likeness (QED) is 0.345. The average molecular weight is 537 g/mol. The lowest BCUT2D eigenvalue weighted by Gasteiger charge is -2.31. The van der Waals surface area contributed by atoms with Crippen LogP contribution in [-0.4, -0.2) is 24.2 Å². The van der Waals surface area contributed by atoms with Crippen molar-refractivity contribution in [3.8, 4) is 6.07 Å². The third-order valence-electron chi connectivity index (χ3n) is 5.59. The normalized spacial score (nSPS) is 12.0. The molecule has 0 heterocycles. The summed E-state index contributed by atoms with van der Waals surface area (Å²) < 4.78 is 93.4. The first-order valence-electron chi connectivity index (χ1n) is 10.8. The van der Waals surface area contributed by atoms with Gasteiger partial charge in [-0.3, -0.25) is 9.59 Å². The van der Waals surface area contributed by atoms with Gasteiger partial charge in [-0.05, 0) is 67.4 Å². The summed E-state index contributed by atoms with van der Waals surface area (Å²) >= 11 is 0. The van der Waals surface area contributed by atoms with E-state index in [1.165, 1.54) is 48.5 Å². The monoisotopic (exact) mass is 537 g/mol. The predicted molar refractivity (Wildman–Crippen MR) is 124 cm³/mol. The van der Waals surface area contributed by atoms with Crippen LogP contribution >= 0.6 is 0 Å². The molecule has 0 saturated carbocycles. The molecule has 198 valence electrons. The zero-order valence-electron chi connectivity index (χ0n) is 19.7. The third kappa shape index (κ3) is 5.46. The van der Waals surface area contributed by atoms with Gasteiger partial charge in [-0.2, -0.15) is 31.6 Å². The molecule has 3 rings (SSSR count). The van der Waals surface area contributed by atoms with Crippen molar-refractivity contribution in [1.29, 1.82) is 5.26 Å². The maximum absolute atomic E-state index is 14.5. The van der Waals surface area contributed by atoms with Crippen molar-refractivity contribution in [3.05, 3.63) is 94.0 Å². The third-order valence-corrected chi connectivity index (χ3v) is 5.59. The van der Waals surface area contributed by atoms with Gasteiger partial charge in [0.05, 0.1) is 11.6 Å². The lowest BCUT2D eigenvalue weighted by atomic mass is 9.88. The molecule has 3 aromatic carbocycles. The molecule has 3 aromatic rings. The second-order valence-corrected chi connectivity index (χ2v) is 8.32. The zero-order valence-corrected chi connectivity index (χ0v) is 19.7. The molecule has 0 unspecified atom stereocenters. The number of amides is 2. The number of nitrogens with zero attached hydrogens (tertiary/aromatic N) is 1. The molecule has 0 fully saturated rings. The van der Waals surface area contributed by atoms with E-state index in [0.29, 0.717) is 17.7 Å². The van der Waals surface area contributed by atoms with Gasteiger partial charge in [-0.15, -0.1) is 0 Å². The van der Waals surface area contributed by atoms with Gasteiger partial charge in [0.15, 0.2) is 0 Å². The number of rotatable bonds is 5. The van der Waals surface area contributed by atoms with Gasteiger partial charge in [0.1, 0.15) is 0 Å². The molecule has 0 aliphatic carbocycles. The lowest BCUT2D eigenvalue weighted by Crippen LogP contribution is -2.50. The van der Waals surface area contributed by atoms with Crippen molar-refractivity contribution in [2.24, 2.45) is 0 Å². The number of hydrogen-bond acceptors (Lipinski definition) is 3. The Morgan fingerprint density at radius 2 is 1.21 bits per heavy atom. The summed E-state index contributed by atoms with van der Waals surface area (Å²) in [5, 5.41) is 13.9. The second kappa shape index (κ2) is 10.2. The fraction of sp³-hybridized carbons (Fsp3) is 0.192. The Morgan fingerprint density at radius 3 is 1.66 bits per heavy atom. The smallest absolute Gasteiger partial charge is 0.322 e. The highest BCUT2D eigenvalue weighted by molar-refractivity contribution is 6.07. The molecule has 2 amide bonds. The Labute approximate surface area is 211 Å². The van der Waals surface area contributed by atoms with E-state index >= 15 is 0 Å². The number of carbonyl (C=O) groups excluding carboxylic acids is 2. The van der Waals surface area contributed by atoms with Gasteiger partial charge < -0.3 is 10.6 Å². The number of hydrogen-bond donors (Lipinski definition) is 2. The van der Waals surface area contributed by atoms with Crippen LogP contribution in [0.15, 0.2) is 60.7 Å². The van der Waals surface area contributed by atoms with Crippen molar-refractivity contribution in [2.75, 3.05) is 10.6 Å². The minimum absolute atomic E-state index is 0.154. The van der Waals surface area contributed by atoms with E-state index in [2.05, 4.69) is 10.6 Å². The predicted octanol–water partition coefficient (Wildman–Crippen LogP) is 6.97. The molecule has 0 atom stereocenters. The SMILES string of the molecule is Cc1cc(C(F)(C(F)(F)F)C(F)(F)F)cc(C)c1C(=O)Nc1cccc(NC(=O)c2ccc(C#N)cc2)c1. The Balaban J connectivity index is 1.85. The summed E-state index contributed by atoms with van der Waals surface area (Å²) in [6.45, 7) is 2.18. The Hall–Kier alpha value is -4.40. The van der Waals surface area contributed by atoms with Crippen molar-refractivity contribution >= 4 is 23.2 Å². The topological polar surface area (TPSA) is 82.0 Å². The number of alkyl halides is 7. The summed E-state index contributed by atoms with van der Waals surface area (Å²) in [6.07, 6.45) is -12.6. The van der Waals surface area contributed by atoms with Crippen LogP contribution < -0.4 is 10.6 Å². The fourth-order valence-electron chi connectivity index (χ4n) is 3.78. The lowest BCUT2D eigenvalue weighted by molar-refractivity contribution is -0.348. The van der Waals surface area contributed by atoms with E-state index in [1.807, 2.05) is 6.07 Å². The molecular formula is C26H18F7N3O2. The van der Waals surface area contributed by atoms with E-state index in [1.54, 1.807) is 0 Å². The van der Waals surface area contributed by atoms with Crippen LogP contribution in [0.3, 0.4) is 0 Å². The molecule has 38 heavy (non-hydrogen) atoms. The number of halogens is 7. The van der Waals surface area contributed by atoms with Crippen LogP contribution in [0, 0.1) is 25.2 Å². The molecule has 0 aliphatic rings. The number of aryl methyl sites for hydroxylation is 2. The van der Waals surface area contributed by atoms with E-state index in [-0.39, 0.29) is 33.6 Å². The van der Waals surface area contributed by atoms with Gasteiger partial charge in [0, 0.05) is 28.1 Å². The summed E-state index contributed by atoms with van der Waals surface area (Å²) in [7, 11) is 0. The Morgan fingerprint density at radius 1 is 0.737 bits per heavy atom. The van der Waals surface area contributed by atoms with Crippen molar-refractivity contribution in [2.45, 2.75) is 31.9 Å². The van der Waals surface area contributed by atoms with Crippen molar-refractivity contribution in [3.63, 3.8) is 0 Å². The number of nitriles is 1. The summed E-state index contributed by atoms with van der Waals surface area (Å²) in [4.78, 5) is 25.3. The van der Waals surface area contributed by atoms with E-state index in [9.17, 15) is 40.3 Å². The molecule has 0 saturated heterocycles. The van der Waals surface area contributed by atoms with Crippen LogP contribution in [0.4, 0.5) is 42.1 Å². The molecule has 0 aromatic heterocycles. The van der Waals surface area contributed by atoms with Crippen LogP contribution in [0.1, 0.15) is 43.0 Å². The van der Waals surface area contributed by atoms with Gasteiger partial charge in [-0.1, -0.05) is 18.2 Å². The fourth-order valence-corrected chi connectivity index (χ4v) is 3.78. The maximum Gasteiger partial charge on any atom is 0.435 e. The number of carbonyl (C=O) groups is 2. The highest BCUT2D eigenvalue weighted by atomic mass is 19.4. The highest BCUT2D eigenvalue weighted by Crippen LogP contribution is 2.53. The van der Waals surface area contributed by atoms with Crippen LogP contribution in [0.25, 0.3) is 0 Å². The molecule has 2 N–H and O–H groups in total. The van der Waals surface area contributed by atoms with Crippen molar-refractivity contribution in [1.82, 2.24) is 0 Å². The standard InChI is InChI=1S/C26H18F7N3O2/c1-14-10-18(24(27,25(28,29)30)26(31,32)33)11-15(2)21(14)23(38)36-20-5-3-4-19(12-20)35-22(37)17-8-6-16(13-34)7-9-17/h3-12H,1-2H3,(H,35,37)(H,36,38). The van der Waals surface area contributed by atoms with Gasteiger partial charge >= 0.3 is 18.0 Å². The van der Waals surface area contributed by atoms with Crippen molar-refractivity contribution < 1.29 is 40.3 Å².